The van der Waals surface area contributed by atoms with Crippen molar-refractivity contribution in [2.75, 3.05) is 20.2 Å². The van der Waals surface area contributed by atoms with Gasteiger partial charge in [-0.15, -0.1) is 0 Å². The SMILES string of the molecule is COc1ccccc1C1C[N+]2=CC(/C(C)=N/OC(C)C)C(=O)N(C[C@@H](NC(=O)C(C)C)C(C)O1)C2=O. The number of oxime groups is 1. The molecular formula is C26H37N4O6+. The van der Waals surface area contributed by atoms with Crippen molar-refractivity contribution in [3.63, 3.8) is 0 Å². The summed E-state index contributed by atoms with van der Waals surface area (Å²) in [5.41, 5.74) is 1.19. The maximum atomic E-state index is 13.5. The van der Waals surface area contributed by atoms with Gasteiger partial charge in [0, 0.05) is 11.5 Å². The minimum atomic E-state index is -0.797. The van der Waals surface area contributed by atoms with Gasteiger partial charge >= 0.3 is 11.9 Å². The van der Waals surface area contributed by atoms with E-state index in [1.807, 2.05) is 45.0 Å². The average Bonchev–Trinajstić information content (AvgIpc) is 2.87. The number of ether oxygens (including phenoxy) is 2. The molecule has 0 aromatic heterocycles. The van der Waals surface area contributed by atoms with Crippen molar-refractivity contribution in [2.45, 2.75) is 65.9 Å². The Morgan fingerprint density at radius 3 is 2.56 bits per heavy atom. The maximum absolute atomic E-state index is 13.5. The van der Waals surface area contributed by atoms with Crippen LogP contribution < -0.4 is 10.1 Å². The summed E-state index contributed by atoms with van der Waals surface area (Å²) in [5, 5.41) is 7.08. The number of benzene rings is 1. The first kappa shape index (κ1) is 27.3. The highest BCUT2D eigenvalue weighted by molar-refractivity contribution is 6.18. The number of amides is 4. The molecule has 10 heteroatoms. The van der Waals surface area contributed by atoms with E-state index in [-0.39, 0.29) is 31.0 Å². The summed E-state index contributed by atoms with van der Waals surface area (Å²) in [6.45, 7) is 10.9. The van der Waals surface area contributed by atoms with Crippen molar-refractivity contribution in [3.8, 4) is 5.75 Å². The number of methoxy groups -OCH3 is 1. The molecule has 1 N–H and O–H groups in total. The highest BCUT2D eigenvalue weighted by Gasteiger charge is 2.48. The fraction of sp³-hybridized carbons (Fsp3) is 0.577. The lowest BCUT2D eigenvalue weighted by atomic mass is 10.0. The number of imide groups is 1. The van der Waals surface area contributed by atoms with Crippen LogP contribution >= 0.6 is 0 Å². The molecule has 3 rings (SSSR count). The van der Waals surface area contributed by atoms with Crippen LogP contribution in [0.5, 0.6) is 5.75 Å². The fourth-order valence-corrected chi connectivity index (χ4v) is 4.10. The quantitative estimate of drug-likeness (QED) is 0.350. The van der Waals surface area contributed by atoms with Gasteiger partial charge in [0.2, 0.25) is 5.91 Å². The first-order valence-electron chi connectivity index (χ1n) is 12.3. The molecule has 2 bridgehead atoms. The molecule has 1 aromatic rings. The van der Waals surface area contributed by atoms with Crippen LogP contribution in [0.3, 0.4) is 0 Å². The van der Waals surface area contributed by atoms with Gasteiger partial charge in [-0.25, -0.2) is 4.79 Å². The molecule has 1 fully saturated rings. The first-order valence-corrected chi connectivity index (χ1v) is 12.3. The predicted octanol–water partition coefficient (Wildman–Crippen LogP) is 2.76. The summed E-state index contributed by atoms with van der Waals surface area (Å²) in [4.78, 5) is 46.1. The fourth-order valence-electron chi connectivity index (χ4n) is 4.10. The molecule has 0 radical (unpaired) electrons. The smallest absolute Gasteiger partial charge is 0.496 e. The third-order valence-corrected chi connectivity index (χ3v) is 6.22. The summed E-state index contributed by atoms with van der Waals surface area (Å²) in [6, 6.07) is 6.35. The Labute approximate surface area is 212 Å². The van der Waals surface area contributed by atoms with Crippen LogP contribution in [0.2, 0.25) is 0 Å². The molecule has 2 heterocycles. The van der Waals surface area contributed by atoms with Crippen molar-refractivity contribution < 1.29 is 33.3 Å². The molecule has 0 spiro atoms. The number of urea groups is 1. The Kier molecular flexibility index (Phi) is 8.84. The Hall–Kier alpha value is -3.27. The van der Waals surface area contributed by atoms with Gasteiger partial charge in [0.1, 0.15) is 31.0 Å². The number of carbonyl (C=O) groups excluding carboxylic acids is 3. The van der Waals surface area contributed by atoms with Crippen LogP contribution in [0.1, 0.15) is 53.2 Å². The summed E-state index contributed by atoms with van der Waals surface area (Å²) < 4.78 is 13.5. The molecule has 0 aliphatic carbocycles. The lowest BCUT2D eigenvalue weighted by molar-refractivity contribution is -0.449. The second-order valence-electron chi connectivity index (χ2n) is 9.74. The normalized spacial score (nSPS) is 25.2. The molecule has 1 aromatic carbocycles. The Bertz CT molecular complexity index is 1050. The number of rotatable bonds is 7. The molecule has 10 nitrogen and oxygen atoms in total. The monoisotopic (exact) mass is 501 g/mol. The number of hydrogen-bond donors (Lipinski definition) is 1. The molecule has 4 amide bonds. The number of nitrogens with one attached hydrogen (secondary N) is 1. The largest absolute Gasteiger partial charge is 0.500 e. The van der Waals surface area contributed by atoms with Gasteiger partial charge in [-0.05, 0) is 33.8 Å². The van der Waals surface area contributed by atoms with Gasteiger partial charge in [0.15, 0.2) is 5.92 Å². The Morgan fingerprint density at radius 1 is 1.22 bits per heavy atom. The van der Waals surface area contributed by atoms with Crippen molar-refractivity contribution in [1.82, 2.24) is 10.2 Å². The van der Waals surface area contributed by atoms with Gasteiger partial charge in [0.05, 0.1) is 31.2 Å². The van der Waals surface area contributed by atoms with Crippen molar-refractivity contribution in [3.05, 3.63) is 29.8 Å². The predicted molar refractivity (Wildman–Crippen MR) is 134 cm³/mol. The van der Waals surface area contributed by atoms with E-state index in [1.165, 1.54) is 9.48 Å². The zero-order chi connectivity index (χ0) is 26.6. The van der Waals surface area contributed by atoms with Crippen LogP contribution in [-0.2, 0) is 19.2 Å². The van der Waals surface area contributed by atoms with Gasteiger partial charge in [-0.1, -0.05) is 37.2 Å². The maximum Gasteiger partial charge on any atom is 0.500 e. The summed E-state index contributed by atoms with van der Waals surface area (Å²) in [7, 11) is 1.58. The number of carbonyl (C=O) groups is 3. The van der Waals surface area contributed by atoms with Crippen molar-refractivity contribution >= 4 is 29.8 Å². The molecule has 0 saturated carbocycles. The van der Waals surface area contributed by atoms with Crippen LogP contribution in [0, 0.1) is 11.8 Å². The van der Waals surface area contributed by atoms with E-state index in [9.17, 15) is 14.4 Å². The third kappa shape index (κ3) is 6.10. The minimum Gasteiger partial charge on any atom is -0.496 e. The number of fused-ring (bicyclic) bond motifs is 2. The first-order chi connectivity index (χ1) is 17.0. The molecule has 4 atom stereocenters. The Morgan fingerprint density at radius 2 is 1.92 bits per heavy atom. The molecule has 3 unspecified atom stereocenters. The summed E-state index contributed by atoms with van der Waals surface area (Å²) >= 11 is 0. The van der Waals surface area contributed by atoms with Crippen LogP contribution in [0.15, 0.2) is 29.4 Å². The zero-order valence-corrected chi connectivity index (χ0v) is 22.1. The average molecular weight is 502 g/mol. The standard InChI is InChI=1S/C26H36N4O6/c1-15(2)24(31)27-21-13-30-25(32)20(17(5)28-36-16(3)4)12-29(26(30)33)14-23(35-18(21)6)19-10-8-9-11-22(19)34-7/h8-12,15-16,18,20-21,23H,13-14H2,1-7H3/p+1/b28-17+/t18?,20?,21-,23?/m1/s1. The Balaban J connectivity index is 2.09. The van der Waals surface area contributed by atoms with Crippen LogP contribution in [-0.4, -0.2) is 77.7 Å². The second-order valence-corrected chi connectivity index (χ2v) is 9.74. The van der Waals surface area contributed by atoms with E-state index in [0.717, 1.165) is 5.56 Å². The summed E-state index contributed by atoms with van der Waals surface area (Å²) in [5.74, 6) is -1.06. The van der Waals surface area contributed by atoms with Gasteiger partial charge in [-0.3, -0.25) is 4.79 Å². The van der Waals surface area contributed by atoms with Crippen LogP contribution in [0.25, 0.3) is 0 Å². The topological polar surface area (TPSA) is 110 Å². The van der Waals surface area contributed by atoms with Crippen molar-refractivity contribution in [1.29, 1.82) is 0 Å². The van der Waals surface area contributed by atoms with E-state index >= 15 is 0 Å². The number of nitrogens with zero attached hydrogens (tertiary/aromatic N) is 3. The number of para-hydroxylation sites is 1. The summed E-state index contributed by atoms with van der Waals surface area (Å²) in [6.07, 6.45) is 0.330. The van der Waals surface area contributed by atoms with Crippen LogP contribution in [0.4, 0.5) is 4.79 Å². The third-order valence-electron chi connectivity index (χ3n) is 6.22. The zero-order valence-electron chi connectivity index (χ0n) is 22.1. The molecule has 2 aliphatic heterocycles. The highest BCUT2D eigenvalue weighted by atomic mass is 16.6. The second kappa shape index (κ2) is 11.6. The molecule has 2 aliphatic rings. The minimum absolute atomic E-state index is 0.0326. The lowest BCUT2D eigenvalue weighted by Crippen LogP contribution is -2.58. The van der Waals surface area contributed by atoms with E-state index in [2.05, 4.69) is 10.5 Å². The molecule has 36 heavy (non-hydrogen) atoms. The van der Waals surface area contributed by atoms with Crippen molar-refractivity contribution in [2.24, 2.45) is 17.0 Å². The molecule has 1 saturated heterocycles. The van der Waals surface area contributed by atoms with E-state index < -0.39 is 36.1 Å². The van der Waals surface area contributed by atoms with Gasteiger partial charge in [-0.2, -0.15) is 14.3 Å². The molecular weight excluding hydrogens is 464 g/mol. The number of hydrogen-bond acceptors (Lipinski definition) is 7. The van der Waals surface area contributed by atoms with Gasteiger partial charge in [0.25, 0.3) is 0 Å². The van der Waals surface area contributed by atoms with Gasteiger partial charge < -0.3 is 19.6 Å². The van der Waals surface area contributed by atoms with E-state index in [0.29, 0.717) is 11.5 Å². The molecule has 196 valence electrons. The lowest BCUT2D eigenvalue weighted by Gasteiger charge is -2.29. The van der Waals surface area contributed by atoms with E-state index in [4.69, 9.17) is 14.3 Å². The highest BCUT2D eigenvalue weighted by Crippen LogP contribution is 2.31. The van der Waals surface area contributed by atoms with E-state index in [1.54, 1.807) is 34.1 Å².